The highest BCUT2D eigenvalue weighted by Gasteiger charge is 2.10. The molecule has 0 aliphatic heterocycles. The number of carbonyl (C=O) groups excluding carboxylic acids is 2. The second-order valence-electron chi connectivity index (χ2n) is 4.53. The molecule has 0 aliphatic carbocycles. The molecule has 0 atom stereocenters. The number of amides is 1. The van der Waals surface area contributed by atoms with Gasteiger partial charge in [0.1, 0.15) is 12.0 Å². The van der Waals surface area contributed by atoms with Crippen LogP contribution in [-0.4, -0.2) is 25.9 Å². The van der Waals surface area contributed by atoms with E-state index in [0.29, 0.717) is 17.5 Å². The highest BCUT2D eigenvalue weighted by atomic mass is 19.1. The van der Waals surface area contributed by atoms with Crippen LogP contribution in [0.25, 0.3) is 0 Å². The molecular weight excluding hydrogens is 315 g/mol. The lowest BCUT2D eigenvalue weighted by Gasteiger charge is -2.05. The average Bonchev–Trinajstić information content (AvgIpc) is 2.62. The lowest BCUT2D eigenvalue weighted by molar-refractivity contribution is 0.102. The number of hydrogen-bond donors (Lipinski definition) is 1. The zero-order valence-corrected chi connectivity index (χ0v) is 13.3. The van der Waals surface area contributed by atoms with Crippen molar-refractivity contribution in [2.75, 3.05) is 19.0 Å². The van der Waals surface area contributed by atoms with Gasteiger partial charge in [-0.3, -0.25) is 9.59 Å². The predicted octanol–water partition coefficient (Wildman–Crippen LogP) is 3.94. The lowest BCUT2D eigenvalue weighted by Crippen LogP contribution is -2.12. The van der Waals surface area contributed by atoms with E-state index in [-0.39, 0.29) is 11.3 Å². The van der Waals surface area contributed by atoms with Gasteiger partial charge in [0, 0.05) is 30.5 Å². The van der Waals surface area contributed by atoms with Gasteiger partial charge in [-0.05, 0) is 54.6 Å². The normalized spacial score (nSPS) is 9.46. The van der Waals surface area contributed by atoms with E-state index in [2.05, 4.69) is 15.2 Å². The van der Waals surface area contributed by atoms with E-state index in [1.54, 1.807) is 31.4 Å². The summed E-state index contributed by atoms with van der Waals surface area (Å²) in [6.07, 6.45) is 0.687. The molecule has 0 aromatic heterocycles. The van der Waals surface area contributed by atoms with Gasteiger partial charge in [0.2, 0.25) is 0 Å². The van der Waals surface area contributed by atoms with Gasteiger partial charge >= 0.3 is 0 Å². The number of benzene rings is 2. The second-order valence-corrected chi connectivity index (χ2v) is 4.53. The molecule has 126 valence electrons. The van der Waals surface area contributed by atoms with Crippen molar-refractivity contribution in [3.8, 4) is 0 Å². The largest absolute Gasteiger partial charge is 0.385 e. The molecule has 6 nitrogen and oxygen atoms in total. The molecule has 0 heterocycles. The van der Waals surface area contributed by atoms with Gasteiger partial charge in [0.25, 0.3) is 5.91 Å². The minimum atomic E-state index is -0.857. The Balaban J connectivity index is 0.000000648. The maximum Gasteiger partial charge on any atom is 0.255 e. The number of carbonyl (C=O) groups is 2. The van der Waals surface area contributed by atoms with Crippen LogP contribution in [0, 0.1) is 10.7 Å². The Labute approximate surface area is 138 Å². The number of hydrogen-bond acceptors (Lipinski definition) is 5. The molecule has 0 saturated heterocycles. The van der Waals surface area contributed by atoms with Gasteiger partial charge in [-0.25, -0.2) is 4.39 Å². The molecule has 2 aromatic rings. The highest BCUT2D eigenvalue weighted by molar-refractivity contribution is 6.04. The number of nitrogens with zero attached hydrogens (tertiary/aromatic N) is 1. The topological polar surface area (TPSA) is 84.8 Å². The van der Waals surface area contributed by atoms with Crippen LogP contribution in [0.15, 0.2) is 47.6 Å². The second kappa shape index (κ2) is 9.96. The molecule has 0 unspecified atom stereocenters. The van der Waals surface area contributed by atoms with Crippen LogP contribution in [0.5, 0.6) is 0 Å². The van der Waals surface area contributed by atoms with Gasteiger partial charge < -0.3 is 10.1 Å². The third kappa shape index (κ3) is 5.69. The molecule has 2 rings (SSSR count). The summed E-state index contributed by atoms with van der Waals surface area (Å²) in [7, 11) is 1.68. The highest BCUT2D eigenvalue weighted by Crippen LogP contribution is 2.19. The summed E-state index contributed by atoms with van der Waals surface area (Å²) < 4.78 is 17.9. The first-order valence-electron chi connectivity index (χ1n) is 7.04. The SMILES string of the molecule is CCOC.O=Cc1ccc(NC(=O)c2ccc(N=O)c(F)c2)cc1. The molecule has 0 radical (unpaired) electrons. The van der Waals surface area contributed by atoms with Crippen LogP contribution in [0.4, 0.5) is 15.8 Å². The first-order chi connectivity index (χ1) is 11.5. The van der Waals surface area contributed by atoms with Gasteiger partial charge in [-0.2, -0.15) is 0 Å². The Hall–Kier alpha value is -2.93. The summed E-state index contributed by atoms with van der Waals surface area (Å²) in [6, 6.07) is 9.57. The van der Waals surface area contributed by atoms with Crippen molar-refractivity contribution < 1.29 is 18.7 Å². The van der Waals surface area contributed by atoms with Gasteiger partial charge in [-0.1, -0.05) is 0 Å². The fourth-order valence-corrected chi connectivity index (χ4v) is 1.57. The van der Waals surface area contributed by atoms with Crippen molar-refractivity contribution in [3.05, 3.63) is 64.3 Å². The van der Waals surface area contributed by atoms with Crippen molar-refractivity contribution in [2.24, 2.45) is 5.18 Å². The number of halogens is 1. The minimum Gasteiger partial charge on any atom is -0.385 e. The van der Waals surface area contributed by atoms with E-state index in [0.717, 1.165) is 18.7 Å². The number of nitrogens with one attached hydrogen (secondary N) is 1. The summed E-state index contributed by atoms with van der Waals surface area (Å²) in [6.45, 7) is 2.78. The van der Waals surface area contributed by atoms with Gasteiger partial charge in [0.15, 0.2) is 5.82 Å². The molecule has 1 amide bonds. The number of ether oxygens (including phenoxy) is 1. The van der Waals surface area contributed by atoms with E-state index in [9.17, 15) is 18.9 Å². The first kappa shape index (κ1) is 19.1. The molecule has 24 heavy (non-hydrogen) atoms. The first-order valence-corrected chi connectivity index (χ1v) is 7.04. The quantitative estimate of drug-likeness (QED) is 0.664. The number of aldehydes is 1. The molecular formula is C17H17FN2O4. The fourth-order valence-electron chi connectivity index (χ4n) is 1.57. The van der Waals surface area contributed by atoms with Crippen LogP contribution < -0.4 is 5.32 Å². The maximum atomic E-state index is 13.3. The van der Waals surface area contributed by atoms with Crippen molar-refractivity contribution >= 4 is 23.6 Å². The Morgan fingerprint density at radius 1 is 1.25 bits per heavy atom. The standard InChI is InChI=1S/C14H9FN2O3.C3H8O/c15-12-7-10(3-6-13(12)17-20)14(19)16-11-4-1-9(8-18)2-5-11;1-3-4-2/h1-8H,(H,16,19);3H2,1-2H3. The van der Waals surface area contributed by atoms with E-state index in [1.807, 2.05) is 6.92 Å². The smallest absolute Gasteiger partial charge is 0.255 e. The van der Waals surface area contributed by atoms with Crippen LogP contribution in [0.2, 0.25) is 0 Å². The van der Waals surface area contributed by atoms with E-state index in [1.165, 1.54) is 6.07 Å². The molecule has 0 bridgehead atoms. The lowest BCUT2D eigenvalue weighted by atomic mass is 10.1. The number of rotatable bonds is 5. The van der Waals surface area contributed by atoms with Crippen LogP contribution in [-0.2, 0) is 4.74 Å². The number of nitroso groups, excluding NO2 is 1. The molecule has 0 saturated carbocycles. The number of anilines is 1. The third-order valence-electron chi connectivity index (χ3n) is 2.90. The summed E-state index contributed by atoms with van der Waals surface area (Å²) in [5, 5.41) is 5.03. The fraction of sp³-hybridized carbons (Fsp3) is 0.176. The monoisotopic (exact) mass is 332 g/mol. The van der Waals surface area contributed by atoms with Crippen LogP contribution >= 0.6 is 0 Å². The summed E-state index contributed by atoms with van der Waals surface area (Å²) >= 11 is 0. The Morgan fingerprint density at radius 3 is 2.33 bits per heavy atom. The molecule has 7 heteroatoms. The predicted molar refractivity (Wildman–Crippen MR) is 89.2 cm³/mol. The van der Waals surface area contributed by atoms with Crippen molar-refractivity contribution in [2.45, 2.75) is 6.92 Å². The maximum absolute atomic E-state index is 13.3. The molecule has 0 aliphatic rings. The van der Waals surface area contributed by atoms with Crippen molar-refractivity contribution in [1.29, 1.82) is 0 Å². The average molecular weight is 332 g/mol. The minimum absolute atomic E-state index is 0.0642. The Bertz CT molecular complexity index is 700. The Kier molecular flexibility index (Phi) is 7.93. The Morgan fingerprint density at radius 2 is 1.88 bits per heavy atom. The van der Waals surface area contributed by atoms with E-state index >= 15 is 0 Å². The van der Waals surface area contributed by atoms with E-state index < -0.39 is 11.7 Å². The third-order valence-corrected chi connectivity index (χ3v) is 2.90. The number of methoxy groups -OCH3 is 1. The molecule has 0 spiro atoms. The van der Waals surface area contributed by atoms with Crippen molar-refractivity contribution in [3.63, 3.8) is 0 Å². The molecule has 1 N–H and O–H groups in total. The van der Waals surface area contributed by atoms with E-state index in [4.69, 9.17) is 0 Å². The summed E-state index contributed by atoms with van der Waals surface area (Å²) in [4.78, 5) is 32.6. The zero-order chi connectivity index (χ0) is 17.9. The van der Waals surface area contributed by atoms with Gasteiger partial charge in [-0.15, -0.1) is 4.91 Å². The summed E-state index contributed by atoms with van der Waals surface area (Å²) in [5.74, 6) is -1.39. The summed E-state index contributed by atoms with van der Waals surface area (Å²) in [5.41, 5.74) is 0.667. The van der Waals surface area contributed by atoms with Crippen LogP contribution in [0.1, 0.15) is 27.6 Å². The van der Waals surface area contributed by atoms with Crippen LogP contribution in [0.3, 0.4) is 0 Å². The molecule has 0 fully saturated rings. The molecule has 2 aromatic carbocycles. The van der Waals surface area contributed by atoms with Gasteiger partial charge in [0.05, 0.1) is 0 Å². The zero-order valence-electron chi connectivity index (χ0n) is 13.3. The van der Waals surface area contributed by atoms with Crippen molar-refractivity contribution in [1.82, 2.24) is 0 Å².